The van der Waals surface area contributed by atoms with E-state index in [0.29, 0.717) is 16.3 Å². The number of nitrogens with one attached hydrogen (secondary N) is 2. The highest BCUT2D eigenvalue weighted by Crippen LogP contribution is 2.27. The highest BCUT2D eigenvalue weighted by molar-refractivity contribution is 7.14. The van der Waals surface area contributed by atoms with Gasteiger partial charge in [-0.25, -0.2) is 10.4 Å². The van der Waals surface area contributed by atoms with Crippen molar-refractivity contribution in [3.63, 3.8) is 0 Å². The fourth-order valence-corrected chi connectivity index (χ4v) is 3.52. The van der Waals surface area contributed by atoms with Crippen LogP contribution in [0.3, 0.4) is 0 Å². The second-order valence-electron chi connectivity index (χ2n) is 6.39. The van der Waals surface area contributed by atoms with Crippen molar-refractivity contribution in [2.24, 2.45) is 5.10 Å². The number of hydrogen-bond acceptors (Lipinski definition) is 6. The molecule has 2 aromatic heterocycles. The molecule has 0 saturated heterocycles. The third-order valence-electron chi connectivity index (χ3n) is 4.16. The second-order valence-corrected chi connectivity index (χ2v) is 7.69. The molecule has 0 saturated carbocycles. The Hall–Kier alpha value is -3.42. The summed E-state index contributed by atoms with van der Waals surface area (Å²) in [6.07, 6.45) is 1.46. The van der Waals surface area contributed by atoms with E-state index in [2.05, 4.69) is 20.8 Å². The second kappa shape index (κ2) is 8.94. The zero-order chi connectivity index (χ0) is 20.9. The van der Waals surface area contributed by atoms with E-state index in [1.165, 1.54) is 17.6 Å². The highest BCUT2D eigenvalue weighted by atomic mass is 35.5. The number of benzene rings is 2. The third kappa shape index (κ3) is 4.94. The van der Waals surface area contributed by atoms with Crippen LogP contribution in [0.4, 0.5) is 10.8 Å². The van der Waals surface area contributed by atoms with Crippen molar-refractivity contribution >= 4 is 45.9 Å². The molecule has 0 fully saturated rings. The molecule has 150 valence electrons. The van der Waals surface area contributed by atoms with Crippen molar-refractivity contribution in [1.29, 1.82) is 0 Å². The first-order chi connectivity index (χ1) is 14.6. The predicted octanol–water partition coefficient (Wildman–Crippen LogP) is 5.87. The minimum absolute atomic E-state index is 0.301. The number of halogens is 1. The fourth-order valence-electron chi connectivity index (χ4n) is 2.65. The van der Waals surface area contributed by atoms with E-state index in [4.69, 9.17) is 16.0 Å². The van der Waals surface area contributed by atoms with Crippen LogP contribution in [0.1, 0.15) is 21.9 Å². The first-order valence-electron chi connectivity index (χ1n) is 9.05. The summed E-state index contributed by atoms with van der Waals surface area (Å²) < 4.78 is 5.36. The maximum atomic E-state index is 12.2. The molecular weight excluding hydrogens is 420 g/mol. The van der Waals surface area contributed by atoms with Crippen LogP contribution >= 0.6 is 22.9 Å². The molecule has 2 N–H and O–H groups in total. The highest BCUT2D eigenvalue weighted by Gasteiger charge is 2.08. The molecule has 2 heterocycles. The largest absolute Gasteiger partial charge is 0.460 e. The lowest BCUT2D eigenvalue weighted by molar-refractivity contribution is 0.0955. The number of carbonyl (C=O) groups is 1. The Morgan fingerprint density at radius 1 is 1.10 bits per heavy atom. The molecule has 8 heteroatoms. The van der Waals surface area contributed by atoms with Gasteiger partial charge in [-0.3, -0.25) is 4.79 Å². The first kappa shape index (κ1) is 19.9. The van der Waals surface area contributed by atoms with Gasteiger partial charge in [0.05, 0.1) is 11.9 Å². The number of furan rings is 1. The minimum atomic E-state index is -0.301. The molecule has 0 unspecified atom stereocenters. The molecule has 30 heavy (non-hydrogen) atoms. The van der Waals surface area contributed by atoms with E-state index < -0.39 is 0 Å². The molecule has 0 atom stereocenters. The maximum absolute atomic E-state index is 12.2. The minimum Gasteiger partial charge on any atom is -0.460 e. The number of carbonyl (C=O) groups excluding carboxylic acids is 1. The SMILES string of the molecule is Cc1ccc(/C=N\NC(=O)c2ccc(-c3csc(Nc4ccc(Cl)cc4)n3)cc2)o1. The van der Waals surface area contributed by atoms with Gasteiger partial charge in [-0.2, -0.15) is 5.10 Å². The van der Waals surface area contributed by atoms with Gasteiger partial charge in [0.25, 0.3) is 5.91 Å². The third-order valence-corrected chi connectivity index (χ3v) is 5.17. The van der Waals surface area contributed by atoms with Gasteiger partial charge in [0.2, 0.25) is 0 Å². The van der Waals surface area contributed by atoms with E-state index in [1.54, 1.807) is 18.2 Å². The maximum Gasteiger partial charge on any atom is 0.271 e. The lowest BCUT2D eigenvalue weighted by Crippen LogP contribution is -2.17. The van der Waals surface area contributed by atoms with Crippen LogP contribution in [0.5, 0.6) is 0 Å². The summed E-state index contributed by atoms with van der Waals surface area (Å²) in [4.78, 5) is 16.8. The Bertz CT molecular complexity index is 1180. The van der Waals surface area contributed by atoms with Crippen LogP contribution in [0.15, 0.2) is 75.6 Å². The lowest BCUT2D eigenvalue weighted by atomic mass is 10.1. The van der Waals surface area contributed by atoms with Gasteiger partial charge >= 0.3 is 0 Å². The van der Waals surface area contributed by atoms with E-state index >= 15 is 0 Å². The number of anilines is 2. The van der Waals surface area contributed by atoms with Crippen LogP contribution in [-0.2, 0) is 0 Å². The Morgan fingerprint density at radius 3 is 2.57 bits per heavy atom. The van der Waals surface area contributed by atoms with Crippen LogP contribution in [0.2, 0.25) is 5.02 Å². The van der Waals surface area contributed by atoms with Crippen molar-refractivity contribution in [2.75, 3.05) is 5.32 Å². The van der Waals surface area contributed by atoms with Crippen LogP contribution in [-0.4, -0.2) is 17.1 Å². The number of aromatic nitrogens is 1. The zero-order valence-electron chi connectivity index (χ0n) is 15.9. The smallest absolute Gasteiger partial charge is 0.271 e. The molecule has 6 nitrogen and oxygen atoms in total. The monoisotopic (exact) mass is 436 g/mol. The molecule has 0 spiro atoms. The summed E-state index contributed by atoms with van der Waals surface area (Å²) in [5.41, 5.74) is 5.65. The Kier molecular flexibility index (Phi) is 5.92. The van der Waals surface area contributed by atoms with Crippen molar-refractivity contribution in [3.05, 3.63) is 88.2 Å². The molecule has 2 aromatic carbocycles. The molecule has 0 aliphatic rings. The number of amides is 1. The predicted molar refractivity (Wildman–Crippen MR) is 121 cm³/mol. The molecule has 0 aliphatic heterocycles. The summed E-state index contributed by atoms with van der Waals surface area (Å²) in [5, 5.41) is 10.6. The van der Waals surface area contributed by atoms with Crippen LogP contribution in [0, 0.1) is 6.92 Å². The average molecular weight is 437 g/mol. The van der Waals surface area contributed by atoms with Crippen molar-refractivity contribution in [1.82, 2.24) is 10.4 Å². The molecular formula is C22H17ClN4O2S. The Balaban J connectivity index is 1.38. The van der Waals surface area contributed by atoms with Crippen molar-refractivity contribution in [2.45, 2.75) is 6.92 Å². The van der Waals surface area contributed by atoms with E-state index in [1.807, 2.05) is 54.8 Å². The molecule has 4 rings (SSSR count). The standard InChI is InChI=1S/C22H17ClN4O2S/c1-14-2-11-19(29-14)12-24-27-21(28)16-5-3-15(4-6-16)20-13-30-22(26-20)25-18-9-7-17(23)8-10-18/h2-13H,1H3,(H,25,26)(H,27,28)/b24-12-. The Morgan fingerprint density at radius 2 is 1.87 bits per heavy atom. The topological polar surface area (TPSA) is 79.5 Å². The van der Waals surface area contributed by atoms with Gasteiger partial charge in [0.15, 0.2) is 5.13 Å². The number of aryl methyl sites for hydroxylation is 1. The quantitative estimate of drug-likeness (QED) is 0.292. The summed E-state index contributed by atoms with van der Waals surface area (Å²) >= 11 is 7.41. The first-order valence-corrected chi connectivity index (χ1v) is 10.3. The number of nitrogens with zero attached hydrogens (tertiary/aromatic N) is 2. The normalized spacial score (nSPS) is 11.0. The van der Waals surface area contributed by atoms with Gasteiger partial charge in [0.1, 0.15) is 11.5 Å². The van der Waals surface area contributed by atoms with Gasteiger partial charge in [-0.05, 0) is 55.5 Å². The summed E-state index contributed by atoms with van der Waals surface area (Å²) in [7, 11) is 0. The van der Waals surface area contributed by atoms with Gasteiger partial charge < -0.3 is 9.73 Å². The summed E-state index contributed by atoms with van der Waals surface area (Å²) in [5.74, 6) is 1.06. The number of rotatable bonds is 6. The van der Waals surface area contributed by atoms with Crippen LogP contribution in [0.25, 0.3) is 11.3 Å². The number of hydrazone groups is 1. The van der Waals surface area contributed by atoms with Gasteiger partial charge in [-0.1, -0.05) is 23.7 Å². The molecule has 1 amide bonds. The van der Waals surface area contributed by atoms with Gasteiger partial charge in [-0.15, -0.1) is 11.3 Å². The summed E-state index contributed by atoms with van der Waals surface area (Å²) in [6.45, 7) is 1.84. The van der Waals surface area contributed by atoms with Crippen molar-refractivity contribution < 1.29 is 9.21 Å². The van der Waals surface area contributed by atoms with Crippen LogP contribution < -0.4 is 10.7 Å². The Labute approximate surface area is 182 Å². The molecule has 0 bridgehead atoms. The summed E-state index contributed by atoms with van der Waals surface area (Å²) in [6, 6.07) is 18.2. The van der Waals surface area contributed by atoms with Gasteiger partial charge in [0, 0.05) is 27.2 Å². The number of thiazole rings is 1. The average Bonchev–Trinajstić information content (AvgIpc) is 3.39. The van der Waals surface area contributed by atoms with E-state index in [-0.39, 0.29) is 5.91 Å². The van der Waals surface area contributed by atoms with E-state index in [0.717, 1.165) is 27.8 Å². The zero-order valence-corrected chi connectivity index (χ0v) is 17.5. The molecule has 0 aliphatic carbocycles. The van der Waals surface area contributed by atoms with Crippen molar-refractivity contribution in [3.8, 4) is 11.3 Å². The number of hydrogen-bond donors (Lipinski definition) is 2. The lowest BCUT2D eigenvalue weighted by Gasteiger charge is -2.03. The van der Waals surface area contributed by atoms with E-state index in [9.17, 15) is 4.79 Å². The fraction of sp³-hybridized carbons (Fsp3) is 0.0455. The molecule has 4 aromatic rings. The molecule has 0 radical (unpaired) electrons.